The lowest BCUT2D eigenvalue weighted by Crippen LogP contribution is -2.38. The number of unbranched alkanes of at least 4 members (excludes halogenated alkanes) is 1. The van der Waals surface area contributed by atoms with E-state index in [1.165, 1.54) is 21.6 Å². The SMILES string of the molecule is CCCCN(C(=O)c1cccc(C(F)(F)F)c1)C(C)c1nc2ccccc2c(=O)n1C. The van der Waals surface area contributed by atoms with Crippen LogP contribution in [0.5, 0.6) is 0 Å². The molecule has 0 bridgehead atoms. The van der Waals surface area contributed by atoms with E-state index in [1.54, 1.807) is 38.2 Å². The fraction of sp³-hybridized carbons (Fsp3) is 0.348. The fourth-order valence-electron chi connectivity index (χ4n) is 3.54. The Morgan fingerprint density at radius 1 is 1.16 bits per heavy atom. The van der Waals surface area contributed by atoms with Crippen molar-refractivity contribution >= 4 is 16.8 Å². The van der Waals surface area contributed by atoms with Crippen LogP contribution in [0.4, 0.5) is 13.2 Å². The molecule has 8 heteroatoms. The van der Waals surface area contributed by atoms with Gasteiger partial charge in [-0.05, 0) is 43.7 Å². The molecule has 0 fully saturated rings. The Hall–Kier alpha value is -3.16. The van der Waals surface area contributed by atoms with E-state index in [2.05, 4.69) is 4.98 Å². The molecule has 0 saturated carbocycles. The first-order valence-electron chi connectivity index (χ1n) is 10.1. The maximum atomic E-state index is 13.2. The summed E-state index contributed by atoms with van der Waals surface area (Å²) in [4.78, 5) is 32.1. The summed E-state index contributed by atoms with van der Waals surface area (Å²) in [6, 6.07) is 10.7. The second-order valence-electron chi connectivity index (χ2n) is 7.46. The summed E-state index contributed by atoms with van der Waals surface area (Å²) in [7, 11) is 1.58. The highest BCUT2D eigenvalue weighted by Crippen LogP contribution is 2.30. The van der Waals surface area contributed by atoms with Crippen LogP contribution in [-0.4, -0.2) is 26.9 Å². The molecule has 5 nitrogen and oxygen atoms in total. The number of alkyl halides is 3. The van der Waals surface area contributed by atoms with Gasteiger partial charge in [0.25, 0.3) is 11.5 Å². The van der Waals surface area contributed by atoms with Crippen LogP contribution in [0.25, 0.3) is 10.9 Å². The quantitative estimate of drug-likeness (QED) is 0.555. The Kier molecular flexibility index (Phi) is 6.48. The van der Waals surface area contributed by atoms with Gasteiger partial charge in [0.15, 0.2) is 0 Å². The van der Waals surface area contributed by atoms with Gasteiger partial charge in [-0.3, -0.25) is 14.2 Å². The number of hydrogen-bond acceptors (Lipinski definition) is 3. The van der Waals surface area contributed by atoms with Crippen LogP contribution in [0.3, 0.4) is 0 Å². The molecule has 1 heterocycles. The van der Waals surface area contributed by atoms with Gasteiger partial charge in [-0.25, -0.2) is 4.98 Å². The van der Waals surface area contributed by atoms with Gasteiger partial charge in [-0.15, -0.1) is 0 Å². The summed E-state index contributed by atoms with van der Waals surface area (Å²) in [6.07, 6.45) is -3.08. The smallest absolute Gasteiger partial charge is 0.329 e. The molecule has 0 radical (unpaired) electrons. The molecule has 164 valence electrons. The molecule has 1 aromatic heterocycles. The van der Waals surface area contributed by atoms with E-state index in [-0.39, 0.29) is 11.1 Å². The number of carbonyl (C=O) groups is 1. The molecule has 0 saturated heterocycles. The topological polar surface area (TPSA) is 55.2 Å². The van der Waals surface area contributed by atoms with Crippen LogP contribution in [0.15, 0.2) is 53.3 Å². The highest BCUT2D eigenvalue weighted by molar-refractivity contribution is 5.94. The minimum atomic E-state index is -4.54. The van der Waals surface area contributed by atoms with Crippen molar-refractivity contribution in [3.63, 3.8) is 0 Å². The third-order valence-corrected chi connectivity index (χ3v) is 5.31. The summed E-state index contributed by atoms with van der Waals surface area (Å²) < 4.78 is 40.8. The largest absolute Gasteiger partial charge is 0.416 e. The number of nitrogens with zero attached hydrogens (tertiary/aromatic N) is 3. The van der Waals surface area contributed by atoms with Gasteiger partial charge in [0.1, 0.15) is 5.82 Å². The van der Waals surface area contributed by atoms with Crippen LogP contribution in [0, 0.1) is 0 Å². The Morgan fingerprint density at radius 2 is 1.87 bits per heavy atom. The zero-order valence-corrected chi connectivity index (χ0v) is 17.6. The molecule has 1 atom stereocenters. The second-order valence-corrected chi connectivity index (χ2v) is 7.46. The van der Waals surface area contributed by atoms with E-state index in [0.29, 0.717) is 29.7 Å². The Balaban J connectivity index is 2.05. The molecule has 2 aromatic carbocycles. The molecule has 3 aromatic rings. The number of para-hydroxylation sites is 1. The maximum Gasteiger partial charge on any atom is 0.416 e. The van der Waals surface area contributed by atoms with Crippen molar-refractivity contribution in [1.82, 2.24) is 14.5 Å². The lowest BCUT2D eigenvalue weighted by atomic mass is 10.1. The number of benzene rings is 2. The molecule has 0 aliphatic heterocycles. The third-order valence-electron chi connectivity index (χ3n) is 5.31. The van der Waals surface area contributed by atoms with Gasteiger partial charge in [-0.2, -0.15) is 13.2 Å². The number of rotatable bonds is 6. The van der Waals surface area contributed by atoms with E-state index in [4.69, 9.17) is 0 Å². The predicted octanol–water partition coefficient (Wildman–Crippen LogP) is 4.96. The molecule has 0 aliphatic rings. The molecule has 3 rings (SSSR count). The molecule has 31 heavy (non-hydrogen) atoms. The molecule has 0 spiro atoms. The standard InChI is InChI=1S/C23H24F3N3O2/c1-4-5-13-29(21(30)16-9-8-10-17(14-16)23(24,25)26)15(2)20-27-19-12-7-6-11-18(19)22(31)28(20)3/h6-12,14-15H,4-5,13H2,1-3H3. The minimum absolute atomic E-state index is 0.0523. The van der Waals surface area contributed by atoms with Gasteiger partial charge in [0.2, 0.25) is 0 Å². The first-order chi connectivity index (χ1) is 14.6. The lowest BCUT2D eigenvalue weighted by molar-refractivity contribution is -0.137. The highest BCUT2D eigenvalue weighted by Gasteiger charge is 2.32. The zero-order chi connectivity index (χ0) is 22.8. The van der Waals surface area contributed by atoms with Crippen LogP contribution in [-0.2, 0) is 13.2 Å². The van der Waals surface area contributed by atoms with Crippen LogP contribution >= 0.6 is 0 Å². The molecule has 0 N–H and O–H groups in total. The minimum Gasteiger partial charge on any atom is -0.329 e. The Morgan fingerprint density at radius 3 is 2.55 bits per heavy atom. The Bertz CT molecular complexity index is 1150. The van der Waals surface area contributed by atoms with Gasteiger partial charge in [0, 0.05) is 19.2 Å². The van der Waals surface area contributed by atoms with Crippen molar-refractivity contribution in [2.45, 2.75) is 38.9 Å². The Labute approximate surface area is 178 Å². The number of hydrogen-bond donors (Lipinski definition) is 0. The first kappa shape index (κ1) is 22.5. The normalized spacial score (nSPS) is 12.7. The first-order valence-corrected chi connectivity index (χ1v) is 10.1. The molecule has 1 unspecified atom stereocenters. The molecule has 0 aliphatic carbocycles. The molecule has 1 amide bonds. The van der Waals surface area contributed by atoms with Crippen molar-refractivity contribution in [2.75, 3.05) is 6.54 Å². The second kappa shape index (κ2) is 8.91. The highest BCUT2D eigenvalue weighted by atomic mass is 19.4. The summed E-state index contributed by atoms with van der Waals surface area (Å²) >= 11 is 0. The van der Waals surface area contributed by atoms with Crippen LogP contribution in [0.2, 0.25) is 0 Å². The zero-order valence-electron chi connectivity index (χ0n) is 17.6. The lowest BCUT2D eigenvalue weighted by Gasteiger charge is -2.30. The summed E-state index contributed by atoms with van der Waals surface area (Å²) in [5.74, 6) is -0.158. The maximum absolute atomic E-state index is 13.2. The van der Waals surface area contributed by atoms with Crippen molar-refractivity contribution < 1.29 is 18.0 Å². The van der Waals surface area contributed by atoms with Crippen LogP contribution < -0.4 is 5.56 Å². The van der Waals surface area contributed by atoms with E-state index >= 15 is 0 Å². The summed E-state index contributed by atoms with van der Waals surface area (Å²) in [6.45, 7) is 4.02. The van der Waals surface area contributed by atoms with E-state index in [0.717, 1.165) is 18.6 Å². The predicted molar refractivity (Wildman–Crippen MR) is 113 cm³/mol. The van der Waals surface area contributed by atoms with Crippen molar-refractivity contribution in [1.29, 1.82) is 0 Å². The third kappa shape index (κ3) is 4.62. The molecular weight excluding hydrogens is 407 g/mol. The number of halogens is 3. The van der Waals surface area contributed by atoms with E-state index < -0.39 is 23.7 Å². The van der Waals surface area contributed by atoms with E-state index in [9.17, 15) is 22.8 Å². The number of carbonyl (C=O) groups excluding carboxylic acids is 1. The number of amides is 1. The summed E-state index contributed by atoms with van der Waals surface area (Å²) in [5.41, 5.74) is -0.662. The monoisotopic (exact) mass is 431 g/mol. The molecular formula is C23H24F3N3O2. The van der Waals surface area contributed by atoms with Gasteiger partial charge in [-0.1, -0.05) is 31.5 Å². The van der Waals surface area contributed by atoms with Crippen LogP contribution in [0.1, 0.15) is 54.5 Å². The summed E-state index contributed by atoms with van der Waals surface area (Å²) in [5, 5.41) is 0.463. The van der Waals surface area contributed by atoms with Crippen molar-refractivity contribution in [3.8, 4) is 0 Å². The van der Waals surface area contributed by atoms with Gasteiger partial charge >= 0.3 is 6.18 Å². The van der Waals surface area contributed by atoms with E-state index in [1.807, 2.05) is 6.92 Å². The fourth-order valence-corrected chi connectivity index (χ4v) is 3.54. The average Bonchev–Trinajstić information content (AvgIpc) is 2.75. The van der Waals surface area contributed by atoms with Gasteiger partial charge < -0.3 is 4.90 Å². The van der Waals surface area contributed by atoms with Crippen molar-refractivity contribution in [3.05, 3.63) is 75.8 Å². The number of aromatic nitrogens is 2. The van der Waals surface area contributed by atoms with Crippen molar-refractivity contribution in [2.24, 2.45) is 7.05 Å². The number of fused-ring (bicyclic) bond motifs is 1. The van der Waals surface area contributed by atoms with Gasteiger partial charge in [0.05, 0.1) is 22.5 Å². The average molecular weight is 431 g/mol.